The highest BCUT2D eigenvalue weighted by molar-refractivity contribution is 5.92. The summed E-state index contributed by atoms with van der Waals surface area (Å²) < 4.78 is 1.84. The van der Waals surface area contributed by atoms with Crippen molar-refractivity contribution in [1.82, 2.24) is 29.5 Å². The van der Waals surface area contributed by atoms with E-state index in [2.05, 4.69) is 69.2 Å². The highest BCUT2D eigenvalue weighted by Crippen LogP contribution is 2.25. The minimum absolute atomic E-state index is 0.0304. The second-order valence-electron chi connectivity index (χ2n) is 9.55. The number of nitrogens with one attached hydrogen (secondary N) is 1. The normalized spacial score (nSPS) is 17.9. The van der Waals surface area contributed by atoms with Gasteiger partial charge in [-0.15, -0.1) is 0 Å². The van der Waals surface area contributed by atoms with Gasteiger partial charge in [-0.1, -0.05) is 18.2 Å². The minimum atomic E-state index is -0.164. The van der Waals surface area contributed by atoms with Crippen LogP contribution in [0, 0.1) is 5.92 Å². The van der Waals surface area contributed by atoms with Gasteiger partial charge in [0.05, 0.1) is 5.92 Å². The fourth-order valence-corrected chi connectivity index (χ4v) is 5.09. The van der Waals surface area contributed by atoms with E-state index in [1.807, 2.05) is 29.0 Å². The molecule has 0 saturated carbocycles. The van der Waals surface area contributed by atoms with Crippen LogP contribution in [0.5, 0.6) is 0 Å². The molecule has 11 nitrogen and oxygen atoms in total. The Hall–Kier alpha value is -4.54. The van der Waals surface area contributed by atoms with Gasteiger partial charge in [0.2, 0.25) is 5.91 Å². The molecule has 3 aromatic heterocycles. The average Bonchev–Trinajstić information content (AvgIpc) is 3.53. The summed E-state index contributed by atoms with van der Waals surface area (Å²) in [5.74, 6) is 2.73. The molecular formula is C27H30N10O. The predicted octanol–water partition coefficient (Wildman–Crippen LogP) is 2.63. The largest absolute Gasteiger partial charge is 0.368 e. The number of piperazine rings is 1. The Bertz CT molecular complexity index is 1360. The summed E-state index contributed by atoms with van der Waals surface area (Å²) in [6.45, 7) is 4.98. The molecule has 0 radical (unpaired) electrons. The van der Waals surface area contributed by atoms with E-state index in [0.717, 1.165) is 63.0 Å². The Kier molecular flexibility index (Phi) is 6.79. The molecule has 2 saturated heterocycles. The van der Waals surface area contributed by atoms with Crippen molar-refractivity contribution in [3.05, 3.63) is 73.8 Å². The first-order valence-corrected chi connectivity index (χ1v) is 13.0. The number of amides is 1. The number of hydrogen-bond acceptors (Lipinski definition) is 9. The van der Waals surface area contributed by atoms with Gasteiger partial charge in [0.15, 0.2) is 0 Å². The lowest BCUT2D eigenvalue weighted by molar-refractivity contribution is -0.120. The van der Waals surface area contributed by atoms with Gasteiger partial charge in [-0.3, -0.25) is 9.36 Å². The van der Waals surface area contributed by atoms with Crippen LogP contribution in [0.15, 0.2) is 73.8 Å². The molecule has 5 heterocycles. The number of carbonyl (C=O) groups is 1. The first-order valence-electron chi connectivity index (χ1n) is 13.0. The van der Waals surface area contributed by atoms with Gasteiger partial charge >= 0.3 is 0 Å². The monoisotopic (exact) mass is 510 g/mol. The molecule has 2 fully saturated rings. The summed E-state index contributed by atoms with van der Waals surface area (Å²) >= 11 is 0. The molecule has 6 rings (SSSR count). The number of hydrogen-bond donors (Lipinski definition) is 1. The smallest absolute Gasteiger partial charge is 0.230 e. The van der Waals surface area contributed by atoms with Crippen molar-refractivity contribution in [3.8, 4) is 5.82 Å². The van der Waals surface area contributed by atoms with Crippen molar-refractivity contribution < 1.29 is 4.79 Å². The lowest BCUT2D eigenvalue weighted by atomic mass is 9.97. The van der Waals surface area contributed by atoms with E-state index in [1.54, 1.807) is 18.9 Å². The lowest BCUT2D eigenvalue weighted by Crippen LogP contribution is -2.46. The third-order valence-corrected chi connectivity index (χ3v) is 7.15. The number of para-hydroxylation sites is 1. The van der Waals surface area contributed by atoms with Crippen LogP contribution in [0.2, 0.25) is 0 Å². The zero-order valence-electron chi connectivity index (χ0n) is 21.1. The number of benzene rings is 1. The van der Waals surface area contributed by atoms with Crippen molar-refractivity contribution in [2.45, 2.75) is 12.8 Å². The Morgan fingerprint density at radius 2 is 1.55 bits per heavy atom. The van der Waals surface area contributed by atoms with Crippen LogP contribution >= 0.6 is 0 Å². The molecule has 1 atom stereocenters. The number of anilines is 4. The molecular weight excluding hydrogens is 480 g/mol. The number of aromatic nitrogens is 6. The van der Waals surface area contributed by atoms with E-state index in [-0.39, 0.29) is 11.8 Å². The van der Waals surface area contributed by atoms with Crippen molar-refractivity contribution in [3.63, 3.8) is 0 Å². The average molecular weight is 511 g/mol. The van der Waals surface area contributed by atoms with Crippen molar-refractivity contribution in [1.29, 1.82) is 0 Å². The lowest BCUT2D eigenvalue weighted by Gasteiger charge is -2.36. The van der Waals surface area contributed by atoms with Gasteiger partial charge in [-0.05, 0) is 25.0 Å². The summed E-state index contributed by atoms with van der Waals surface area (Å²) in [5.41, 5.74) is 1.24. The molecule has 194 valence electrons. The Balaban J connectivity index is 1.07. The second-order valence-corrected chi connectivity index (χ2v) is 9.55. The van der Waals surface area contributed by atoms with Gasteiger partial charge in [-0.2, -0.15) is 0 Å². The molecule has 1 amide bonds. The molecule has 1 aromatic carbocycles. The summed E-state index contributed by atoms with van der Waals surface area (Å²) in [5, 5.41) is 3.03. The van der Waals surface area contributed by atoms with Gasteiger partial charge in [0.1, 0.15) is 42.3 Å². The van der Waals surface area contributed by atoms with Crippen LogP contribution in [-0.2, 0) is 4.79 Å². The van der Waals surface area contributed by atoms with Gasteiger partial charge < -0.3 is 20.0 Å². The zero-order chi connectivity index (χ0) is 25.7. The van der Waals surface area contributed by atoms with E-state index in [0.29, 0.717) is 12.4 Å². The third-order valence-electron chi connectivity index (χ3n) is 7.15. The standard InChI is InChI=1S/C27H30N10O/c38-27(21-5-4-9-36(17-21)25-16-26(32-19-31-25)37-10-8-28-20-37)33-23-15-24(30-18-29-23)35-13-11-34(12-14-35)22-6-2-1-3-7-22/h1-3,6-8,10,15-16,18-21H,4-5,9,11-14,17H2,(H,29,30,33,38). The molecule has 0 spiro atoms. The van der Waals surface area contributed by atoms with Crippen LogP contribution in [-0.4, -0.2) is 74.7 Å². The maximum absolute atomic E-state index is 13.2. The minimum Gasteiger partial charge on any atom is -0.368 e. The molecule has 1 unspecified atom stereocenters. The second kappa shape index (κ2) is 10.8. The van der Waals surface area contributed by atoms with Gasteiger partial charge in [-0.25, -0.2) is 24.9 Å². The highest BCUT2D eigenvalue weighted by atomic mass is 16.2. The van der Waals surface area contributed by atoms with Gasteiger partial charge in [0, 0.05) is 69.5 Å². The van der Waals surface area contributed by atoms with E-state index < -0.39 is 0 Å². The fraction of sp³-hybridized carbons (Fsp3) is 0.333. The first kappa shape index (κ1) is 23.8. The molecule has 38 heavy (non-hydrogen) atoms. The fourth-order valence-electron chi connectivity index (χ4n) is 5.09. The SMILES string of the molecule is O=C(Nc1cc(N2CCN(c3ccccc3)CC2)ncn1)C1CCCN(c2cc(-n3ccnc3)ncn2)C1. The van der Waals surface area contributed by atoms with Crippen LogP contribution in [0.4, 0.5) is 23.1 Å². The molecule has 0 aliphatic carbocycles. The number of nitrogens with zero attached hydrogens (tertiary/aromatic N) is 9. The van der Waals surface area contributed by atoms with Crippen LogP contribution in [0.25, 0.3) is 5.82 Å². The quantitative estimate of drug-likeness (QED) is 0.419. The Morgan fingerprint density at radius 3 is 2.34 bits per heavy atom. The number of imidazole rings is 1. The molecule has 0 bridgehead atoms. The van der Waals surface area contributed by atoms with E-state index >= 15 is 0 Å². The Morgan fingerprint density at radius 1 is 0.816 bits per heavy atom. The molecule has 1 N–H and O–H groups in total. The predicted molar refractivity (Wildman–Crippen MR) is 146 cm³/mol. The first-order chi connectivity index (χ1) is 18.7. The van der Waals surface area contributed by atoms with Crippen molar-refractivity contribution >= 4 is 29.0 Å². The molecule has 2 aliphatic heterocycles. The summed E-state index contributed by atoms with van der Waals surface area (Å²) in [6, 6.07) is 14.3. The molecule has 2 aliphatic rings. The van der Waals surface area contributed by atoms with Crippen LogP contribution in [0.1, 0.15) is 12.8 Å². The van der Waals surface area contributed by atoms with Crippen molar-refractivity contribution in [2.75, 3.05) is 59.3 Å². The number of piperidine rings is 1. The summed E-state index contributed by atoms with van der Waals surface area (Å²) in [6.07, 6.45) is 10.1. The van der Waals surface area contributed by atoms with E-state index in [1.165, 1.54) is 12.0 Å². The topological polar surface area (TPSA) is 108 Å². The van der Waals surface area contributed by atoms with E-state index in [4.69, 9.17) is 0 Å². The highest BCUT2D eigenvalue weighted by Gasteiger charge is 2.27. The maximum atomic E-state index is 13.2. The zero-order valence-corrected chi connectivity index (χ0v) is 21.1. The summed E-state index contributed by atoms with van der Waals surface area (Å²) in [7, 11) is 0. The number of carbonyl (C=O) groups excluding carboxylic acids is 1. The summed E-state index contributed by atoms with van der Waals surface area (Å²) in [4.78, 5) is 41.7. The van der Waals surface area contributed by atoms with E-state index in [9.17, 15) is 4.79 Å². The number of rotatable bonds is 6. The van der Waals surface area contributed by atoms with Crippen LogP contribution < -0.4 is 20.0 Å². The van der Waals surface area contributed by atoms with Gasteiger partial charge in [0.25, 0.3) is 0 Å². The molecule has 11 heteroatoms. The Labute approximate surface area is 221 Å². The van der Waals surface area contributed by atoms with Crippen LogP contribution in [0.3, 0.4) is 0 Å². The van der Waals surface area contributed by atoms with Crippen molar-refractivity contribution in [2.24, 2.45) is 5.92 Å². The molecule has 4 aromatic rings. The maximum Gasteiger partial charge on any atom is 0.230 e. The third kappa shape index (κ3) is 5.26.